The first-order valence-electron chi connectivity index (χ1n) is 8.35. The molecule has 0 unspecified atom stereocenters. The number of nitrogens with zero attached hydrogens (tertiary/aromatic N) is 3. The van der Waals surface area contributed by atoms with E-state index in [0.717, 1.165) is 47.7 Å². The molecule has 0 fully saturated rings. The van der Waals surface area contributed by atoms with Crippen LogP contribution in [-0.2, 0) is 13.0 Å². The molecular formula is C19H17N5O. The summed E-state index contributed by atoms with van der Waals surface area (Å²) in [5.74, 6) is 0.997. The number of para-hydroxylation sites is 2. The minimum atomic E-state index is 0.257. The van der Waals surface area contributed by atoms with Crippen LogP contribution in [0, 0.1) is 0 Å². The Balaban J connectivity index is 1.70. The van der Waals surface area contributed by atoms with Crippen LogP contribution in [0.3, 0.4) is 0 Å². The number of hydrogen-bond donors (Lipinski definition) is 3. The minimum Gasteiger partial charge on any atom is -0.508 e. The Kier molecular flexibility index (Phi) is 3.11. The monoisotopic (exact) mass is 331 g/mol. The van der Waals surface area contributed by atoms with Gasteiger partial charge in [-0.1, -0.05) is 12.1 Å². The van der Waals surface area contributed by atoms with Crippen molar-refractivity contribution in [3.05, 3.63) is 59.8 Å². The number of H-pyrrole nitrogens is 1. The maximum absolute atomic E-state index is 9.55. The maximum atomic E-state index is 9.55. The summed E-state index contributed by atoms with van der Waals surface area (Å²) >= 11 is 0. The Morgan fingerprint density at radius 3 is 2.72 bits per heavy atom. The molecular weight excluding hydrogens is 314 g/mol. The van der Waals surface area contributed by atoms with E-state index in [0.29, 0.717) is 0 Å². The van der Waals surface area contributed by atoms with Crippen molar-refractivity contribution in [2.45, 2.75) is 13.0 Å². The van der Waals surface area contributed by atoms with E-state index in [1.54, 1.807) is 12.1 Å². The van der Waals surface area contributed by atoms with Gasteiger partial charge in [-0.3, -0.25) is 0 Å². The molecule has 0 saturated heterocycles. The molecule has 0 bridgehead atoms. The largest absolute Gasteiger partial charge is 0.508 e. The third-order valence-corrected chi connectivity index (χ3v) is 4.65. The van der Waals surface area contributed by atoms with E-state index in [1.165, 1.54) is 11.3 Å². The molecule has 3 heterocycles. The molecule has 6 nitrogen and oxygen atoms in total. The number of aromatic nitrogens is 4. The van der Waals surface area contributed by atoms with Gasteiger partial charge >= 0.3 is 0 Å². The van der Waals surface area contributed by atoms with Crippen LogP contribution in [0.5, 0.6) is 5.75 Å². The number of aromatic amines is 1. The third kappa shape index (κ3) is 2.30. The molecule has 5 rings (SSSR count). The van der Waals surface area contributed by atoms with E-state index in [4.69, 9.17) is 10.1 Å². The smallest absolute Gasteiger partial charge is 0.229 e. The van der Waals surface area contributed by atoms with Crippen LogP contribution in [0.1, 0.15) is 11.3 Å². The van der Waals surface area contributed by atoms with E-state index in [-0.39, 0.29) is 5.75 Å². The second-order valence-corrected chi connectivity index (χ2v) is 6.24. The molecule has 0 aliphatic carbocycles. The van der Waals surface area contributed by atoms with Gasteiger partial charge < -0.3 is 15.4 Å². The number of benzene rings is 2. The van der Waals surface area contributed by atoms with Crippen molar-refractivity contribution in [1.82, 2.24) is 25.1 Å². The highest BCUT2D eigenvalue weighted by molar-refractivity contribution is 5.76. The van der Waals surface area contributed by atoms with Crippen molar-refractivity contribution >= 4 is 11.0 Å². The lowest BCUT2D eigenvalue weighted by Gasteiger charge is -2.14. The van der Waals surface area contributed by atoms with Crippen molar-refractivity contribution in [3.63, 3.8) is 0 Å². The number of aromatic hydroxyl groups is 1. The van der Waals surface area contributed by atoms with Gasteiger partial charge in [0.2, 0.25) is 5.95 Å². The van der Waals surface area contributed by atoms with Gasteiger partial charge in [0.15, 0.2) is 0 Å². The molecule has 0 atom stereocenters. The summed E-state index contributed by atoms with van der Waals surface area (Å²) < 4.78 is 1.93. The number of phenols is 1. The summed E-state index contributed by atoms with van der Waals surface area (Å²) in [5.41, 5.74) is 6.23. The number of rotatable bonds is 2. The molecule has 0 saturated carbocycles. The zero-order chi connectivity index (χ0) is 16.8. The van der Waals surface area contributed by atoms with E-state index < -0.39 is 0 Å². The number of imidazole rings is 1. The first kappa shape index (κ1) is 14.2. The topological polar surface area (TPSA) is 78.8 Å². The van der Waals surface area contributed by atoms with Gasteiger partial charge in [-0.25, -0.2) is 9.67 Å². The number of phenolic OH excluding ortho intramolecular Hbond substituents is 1. The zero-order valence-corrected chi connectivity index (χ0v) is 13.5. The molecule has 124 valence electrons. The van der Waals surface area contributed by atoms with E-state index in [2.05, 4.69) is 10.3 Å². The fourth-order valence-corrected chi connectivity index (χ4v) is 3.41. The molecule has 0 amide bonds. The third-order valence-electron chi connectivity index (χ3n) is 4.65. The quantitative estimate of drug-likeness (QED) is 0.528. The summed E-state index contributed by atoms with van der Waals surface area (Å²) in [6, 6.07) is 15.2. The zero-order valence-electron chi connectivity index (χ0n) is 13.5. The molecule has 1 aliphatic heterocycles. The maximum Gasteiger partial charge on any atom is 0.229 e. The highest BCUT2D eigenvalue weighted by Crippen LogP contribution is 2.30. The van der Waals surface area contributed by atoms with Crippen LogP contribution in [0.25, 0.3) is 28.2 Å². The summed E-state index contributed by atoms with van der Waals surface area (Å²) in [4.78, 5) is 8.06. The average molecular weight is 331 g/mol. The molecule has 0 radical (unpaired) electrons. The SMILES string of the molecule is Oc1ccc(-c2nn(-c3nc4ccccc4[nH]3)c3c2CNCC3)cc1. The first-order valence-corrected chi connectivity index (χ1v) is 8.35. The summed E-state index contributed by atoms with van der Waals surface area (Å²) in [6.45, 7) is 1.71. The highest BCUT2D eigenvalue weighted by Gasteiger charge is 2.23. The number of nitrogens with one attached hydrogen (secondary N) is 2. The molecule has 6 heteroatoms. The standard InChI is InChI=1S/C19H17N5O/c25-13-7-5-12(6-8-13)18-14-11-20-10-9-17(14)24(23-18)19-21-15-3-1-2-4-16(15)22-19/h1-8,20,25H,9-11H2,(H,21,22). The normalized spacial score (nSPS) is 13.9. The lowest BCUT2D eigenvalue weighted by Crippen LogP contribution is -2.24. The lowest BCUT2D eigenvalue weighted by atomic mass is 10.0. The summed E-state index contributed by atoms with van der Waals surface area (Å²) in [6.07, 6.45) is 0.900. The van der Waals surface area contributed by atoms with Crippen LogP contribution in [0.4, 0.5) is 0 Å². The molecule has 2 aromatic heterocycles. The molecule has 25 heavy (non-hydrogen) atoms. The fourth-order valence-electron chi connectivity index (χ4n) is 3.41. The van der Waals surface area contributed by atoms with E-state index in [9.17, 15) is 5.11 Å². The van der Waals surface area contributed by atoms with Gasteiger partial charge in [0.25, 0.3) is 0 Å². The Morgan fingerprint density at radius 2 is 1.88 bits per heavy atom. The second kappa shape index (κ2) is 5.46. The molecule has 4 aromatic rings. The van der Waals surface area contributed by atoms with E-state index in [1.807, 2.05) is 41.1 Å². The van der Waals surface area contributed by atoms with Crippen molar-refractivity contribution in [1.29, 1.82) is 0 Å². The highest BCUT2D eigenvalue weighted by atomic mass is 16.3. The Bertz CT molecular complexity index is 1030. The molecule has 2 aromatic carbocycles. The number of fused-ring (bicyclic) bond motifs is 2. The molecule has 1 aliphatic rings. The number of hydrogen-bond acceptors (Lipinski definition) is 4. The van der Waals surface area contributed by atoms with Gasteiger partial charge in [0.05, 0.1) is 22.4 Å². The van der Waals surface area contributed by atoms with Crippen LogP contribution in [-0.4, -0.2) is 31.4 Å². The van der Waals surface area contributed by atoms with Crippen molar-refractivity contribution < 1.29 is 5.11 Å². The predicted molar refractivity (Wildman–Crippen MR) is 95.7 cm³/mol. The summed E-state index contributed by atoms with van der Waals surface area (Å²) in [5, 5.41) is 17.8. The van der Waals surface area contributed by atoms with Gasteiger partial charge in [-0.15, -0.1) is 0 Å². The Morgan fingerprint density at radius 1 is 1.04 bits per heavy atom. The van der Waals surface area contributed by atoms with Crippen molar-refractivity contribution in [2.24, 2.45) is 0 Å². The fraction of sp³-hybridized carbons (Fsp3) is 0.158. The lowest BCUT2D eigenvalue weighted by molar-refractivity contribution is 0.475. The summed E-state index contributed by atoms with van der Waals surface area (Å²) in [7, 11) is 0. The van der Waals surface area contributed by atoms with Crippen LogP contribution in [0.2, 0.25) is 0 Å². The van der Waals surface area contributed by atoms with E-state index >= 15 is 0 Å². The van der Waals surface area contributed by atoms with Crippen LogP contribution >= 0.6 is 0 Å². The average Bonchev–Trinajstić information content (AvgIpc) is 3.24. The van der Waals surface area contributed by atoms with Gasteiger partial charge in [0, 0.05) is 30.6 Å². The predicted octanol–water partition coefficient (Wildman–Crippen LogP) is 2.77. The van der Waals surface area contributed by atoms with Crippen LogP contribution in [0.15, 0.2) is 48.5 Å². The van der Waals surface area contributed by atoms with Gasteiger partial charge in [-0.05, 0) is 36.4 Å². The molecule has 0 spiro atoms. The second-order valence-electron chi connectivity index (χ2n) is 6.24. The minimum absolute atomic E-state index is 0.257. The first-order chi connectivity index (χ1) is 12.3. The van der Waals surface area contributed by atoms with Crippen molar-refractivity contribution in [3.8, 4) is 23.0 Å². The van der Waals surface area contributed by atoms with Gasteiger partial charge in [-0.2, -0.15) is 5.10 Å². The van der Waals surface area contributed by atoms with Crippen LogP contribution < -0.4 is 5.32 Å². The Hall–Kier alpha value is -3.12. The Labute approximate surface area is 144 Å². The van der Waals surface area contributed by atoms with Crippen molar-refractivity contribution in [2.75, 3.05) is 6.54 Å². The molecule has 3 N–H and O–H groups in total. The van der Waals surface area contributed by atoms with Gasteiger partial charge in [0.1, 0.15) is 5.75 Å².